The Morgan fingerprint density at radius 1 is 1.04 bits per heavy atom. The molecule has 5 heteroatoms. The minimum atomic E-state index is -0.358. The molecule has 1 fully saturated rings. The zero-order valence-electron chi connectivity index (χ0n) is 15.1. The first-order chi connectivity index (χ1) is 12.5. The van der Waals surface area contributed by atoms with E-state index in [-0.39, 0.29) is 23.5 Å². The number of halogens is 1. The van der Waals surface area contributed by atoms with E-state index < -0.39 is 0 Å². The van der Waals surface area contributed by atoms with Crippen LogP contribution < -0.4 is 5.32 Å². The first-order valence-corrected chi connectivity index (χ1v) is 8.87. The summed E-state index contributed by atoms with van der Waals surface area (Å²) in [6.07, 6.45) is 1.26. The fourth-order valence-electron chi connectivity index (χ4n) is 3.24. The normalized spacial score (nSPS) is 15.0. The SMILES string of the molecule is Cc1cccc(NC(=O)C2CCN(C(=O)c3ccc(F)cc3)CC2)c1C. The molecule has 26 heavy (non-hydrogen) atoms. The minimum absolute atomic E-state index is 0.00702. The molecule has 0 atom stereocenters. The highest BCUT2D eigenvalue weighted by Crippen LogP contribution is 2.23. The van der Waals surface area contributed by atoms with Crippen LogP contribution in [0.25, 0.3) is 0 Å². The fourth-order valence-corrected chi connectivity index (χ4v) is 3.24. The van der Waals surface area contributed by atoms with Gasteiger partial charge in [0.05, 0.1) is 0 Å². The van der Waals surface area contributed by atoms with Gasteiger partial charge in [-0.2, -0.15) is 0 Å². The second kappa shape index (κ2) is 7.68. The molecule has 1 N–H and O–H groups in total. The summed E-state index contributed by atoms with van der Waals surface area (Å²) in [7, 11) is 0. The van der Waals surface area contributed by atoms with Gasteiger partial charge in [-0.25, -0.2) is 4.39 Å². The predicted molar refractivity (Wildman–Crippen MR) is 99.6 cm³/mol. The number of hydrogen-bond donors (Lipinski definition) is 1. The fraction of sp³-hybridized carbons (Fsp3) is 0.333. The Hall–Kier alpha value is -2.69. The Labute approximate surface area is 153 Å². The Kier molecular flexibility index (Phi) is 5.35. The number of nitrogens with zero attached hydrogens (tertiary/aromatic N) is 1. The summed E-state index contributed by atoms with van der Waals surface area (Å²) in [6.45, 7) is 5.07. The lowest BCUT2D eigenvalue weighted by atomic mass is 9.95. The van der Waals surface area contributed by atoms with Crippen LogP contribution in [-0.4, -0.2) is 29.8 Å². The highest BCUT2D eigenvalue weighted by molar-refractivity contribution is 5.95. The number of amides is 2. The van der Waals surface area contributed by atoms with Crippen molar-refractivity contribution >= 4 is 17.5 Å². The van der Waals surface area contributed by atoms with E-state index >= 15 is 0 Å². The van der Waals surface area contributed by atoms with Crippen molar-refractivity contribution in [1.82, 2.24) is 4.90 Å². The van der Waals surface area contributed by atoms with Gasteiger partial charge in [-0.3, -0.25) is 9.59 Å². The van der Waals surface area contributed by atoms with Gasteiger partial charge in [0.1, 0.15) is 5.82 Å². The van der Waals surface area contributed by atoms with Crippen molar-refractivity contribution in [3.63, 3.8) is 0 Å². The van der Waals surface area contributed by atoms with Crippen LogP contribution in [0.3, 0.4) is 0 Å². The zero-order chi connectivity index (χ0) is 18.7. The lowest BCUT2D eigenvalue weighted by Crippen LogP contribution is -2.41. The molecule has 2 amide bonds. The van der Waals surface area contributed by atoms with E-state index in [2.05, 4.69) is 5.32 Å². The van der Waals surface area contributed by atoms with Crippen LogP contribution in [0, 0.1) is 25.6 Å². The molecule has 136 valence electrons. The summed E-state index contributed by atoms with van der Waals surface area (Å²) >= 11 is 0. The maximum absolute atomic E-state index is 13.0. The maximum Gasteiger partial charge on any atom is 0.253 e. The molecule has 0 saturated carbocycles. The number of anilines is 1. The lowest BCUT2D eigenvalue weighted by molar-refractivity contribution is -0.121. The van der Waals surface area contributed by atoms with Crippen LogP contribution in [0.15, 0.2) is 42.5 Å². The third-order valence-electron chi connectivity index (χ3n) is 5.11. The number of carbonyl (C=O) groups is 2. The molecule has 1 saturated heterocycles. The Morgan fingerprint density at radius 3 is 2.35 bits per heavy atom. The smallest absolute Gasteiger partial charge is 0.253 e. The lowest BCUT2D eigenvalue weighted by Gasteiger charge is -2.31. The van der Waals surface area contributed by atoms with Crippen molar-refractivity contribution < 1.29 is 14.0 Å². The van der Waals surface area contributed by atoms with E-state index in [0.29, 0.717) is 31.5 Å². The summed E-state index contributed by atoms with van der Waals surface area (Å²) < 4.78 is 13.0. The highest BCUT2D eigenvalue weighted by atomic mass is 19.1. The van der Waals surface area contributed by atoms with Gasteiger partial charge in [-0.1, -0.05) is 12.1 Å². The van der Waals surface area contributed by atoms with Crippen LogP contribution in [0.2, 0.25) is 0 Å². The van der Waals surface area contributed by atoms with Gasteiger partial charge in [-0.15, -0.1) is 0 Å². The number of piperidine rings is 1. The summed E-state index contributed by atoms with van der Waals surface area (Å²) in [5.74, 6) is -0.568. The van der Waals surface area contributed by atoms with E-state index in [1.807, 2.05) is 32.0 Å². The van der Waals surface area contributed by atoms with E-state index in [9.17, 15) is 14.0 Å². The number of carbonyl (C=O) groups excluding carboxylic acids is 2. The van der Waals surface area contributed by atoms with Crippen molar-refractivity contribution in [2.24, 2.45) is 5.92 Å². The summed E-state index contributed by atoms with van der Waals surface area (Å²) in [4.78, 5) is 26.8. The van der Waals surface area contributed by atoms with Gasteiger partial charge >= 0.3 is 0 Å². The molecule has 2 aromatic rings. The largest absolute Gasteiger partial charge is 0.339 e. The van der Waals surface area contributed by atoms with Crippen LogP contribution in [0.1, 0.15) is 34.3 Å². The molecular weight excluding hydrogens is 331 g/mol. The Bertz CT molecular complexity index is 809. The number of aryl methyl sites for hydroxylation is 1. The van der Waals surface area contributed by atoms with E-state index in [4.69, 9.17) is 0 Å². The van der Waals surface area contributed by atoms with Gasteiger partial charge < -0.3 is 10.2 Å². The first kappa shape index (κ1) is 18.1. The van der Waals surface area contributed by atoms with Crippen LogP contribution >= 0.6 is 0 Å². The third-order valence-corrected chi connectivity index (χ3v) is 5.11. The van der Waals surface area contributed by atoms with Gasteiger partial charge in [0, 0.05) is 30.3 Å². The van der Waals surface area contributed by atoms with E-state index in [0.717, 1.165) is 16.8 Å². The van der Waals surface area contributed by atoms with Crippen molar-refractivity contribution in [3.05, 3.63) is 65.0 Å². The number of benzene rings is 2. The van der Waals surface area contributed by atoms with Gasteiger partial charge in [0.15, 0.2) is 0 Å². The van der Waals surface area contributed by atoms with Crippen molar-refractivity contribution in [2.45, 2.75) is 26.7 Å². The molecule has 0 radical (unpaired) electrons. The molecule has 0 spiro atoms. The van der Waals surface area contributed by atoms with Crippen LogP contribution in [0.5, 0.6) is 0 Å². The first-order valence-electron chi connectivity index (χ1n) is 8.87. The standard InChI is InChI=1S/C21H23FN2O2/c1-14-4-3-5-19(15(14)2)23-20(25)16-10-12-24(13-11-16)21(26)17-6-8-18(22)9-7-17/h3-9,16H,10-13H2,1-2H3,(H,23,25). The van der Waals surface area contributed by atoms with E-state index in [1.54, 1.807) is 4.90 Å². The van der Waals surface area contributed by atoms with Crippen molar-refractivity contribution in [1.29, 1.82) is 0 Å². The summed E-state index contributed by atoms with van der Waals surface area (Å²) in [6, 6.07) is 11.4. The van der Waals surface area contributed by atoms with Gasteiger partial charge in [0.2, 0.25) is 5.91 Å². The molecule has 1 aliphatic rings. The zero-order valence-corrected chi connectivity index (χ0v) is 15.1. The maximum atomic E-state index is 13.0. The molecular formula is C21H23FN2O2. The molecule has 0 aliphatic carbocycles. The average molecular weight is 354 g/mol. The Balaban J connectivity index is 1.57. The Morgan fingerprint density at radius 2 is 1.69 bits per heavy atom. The predicted octanol–water partition coefficient (Wildman–Crippen LogP) is 3.93. The van der Waals surface area contributed by atoms with E-state index in [1.165, 1.54) is 24.3 Å². The monoisotopic (exact) mass is 354 g/mol. The molecule has 2 aromatic carbocycles. The summed E-state index contributed by atoms with van der Waals surface area (Å²) in [5.41, 5.74) is 3.54. The molecule has 1 aliphatic heterocycles. The van der Waals surface area contributed by atoms with Crippen LogP contribution in [0.4, 0.5) is 10.1 Å². The molecule has 4 nitrogen and oxygen atoms in total. The molecule has 0 unspecified atom stereocenters. The highest BCUT2D eigenvalue weighted by Gasteiger charge is 2.28. The van der Waals surface area contributed by atoms with Gasteiger partial charge in [0.25, 0.3) is 5.91 Å². The minimum Gasteiger partial charge on any atom is -0.339 e. The van der Waals surface area contributed by atoms with Crippen molar-refractivity contribution in [2.75, 3.05) is 18.4 Å². The number of hydrogen-bond acceptors (Lipinski definition) is 2. The molecule has 1 heterocycles. The number of likely N-dealkylation sites (tertiary alicyclic amines) is 1. The van der Waals surface area contributed by atoms with Crippen LogP contribution in [-0.2, 0) is 4.79 Å². The second-order valence-electron chi connectivity index (χ2n) is 6.81. The van der Waals surface area contributed by atoms with Gasteiger partial charge in [-0.05, 0) is 68.1 Å². The molecule has 3 rings (SSSR count). The molecule has 0 aromatic heterocycles. The second-order valence-corrected chi connectivity index (χ2v) is 6.81. The quantitative estimate of drug-likeness (QED) is 0.908. The topological polar surface area (TPSA) is 49.4 Å². The number of nitrogens with one attached hydrogen (secondary N) is 1. The number of rotatable bonds is 3. The molecule has 0 bridgehead atoms. The summed E-state index contributed by atoms with van der Waals surface area (Å²) in [5, 5.41) is 3.02. The third kappa shape index (κ3) is 3.93. The van der Waals surface area contributed by atoms with Crippen molar-refractivity contribution in [3.8, 4) is 0 Å². The average Bonchev–Trinajstić information content (AvgIpc) is 2.65.